The number of aromatic hydroxyl groups is 1. The van der Waals surface area contributed by atoms with Crippen molar-refractivity contribution in [1.29, 1.82) is 0 Å². The number of benzene rings is 2. The van der Waals surface area contributed by atoms with Crippen LogP contribution in [0.3, 0.4) is 0 Å². The molecule has 1 atom stereocenters. The van der Waals surface area contributed by atoms with Crippen LogP contribution in [0.1, 0.15) is 45.2 Å². The van der Waals surface area contributed by atoms with Gasteiger partial charge < -0.3 is 19.4 Å². The van der Waals surface area contributed by atoms with Crippen molar-refractivity contribution in [1.82, 2.24) is 5.06 Å². The second-order valence-corrected chi connectivity index (χ2v) is 11.9. The first kappa shape index (κ1) is 29.1. The van der Waals surface area contributed by atoms with E-state index in [9.17, 15) is 23.1 Å². The Morgan fingerprint density at radius 3 is 2.08 bits per heavy atom. The zero-order valence-corrected chi connectivity index (χ0v) is 22.4. The van der Waals surface area contributed by atoms with Crippen LogP contribution in [-0.2, 0) is 35.4 Å². The number of nitrogens with zero attached hydrogens (tertiary/aromatic N) is 1. The molecule has 10 heteroatoms. The number of aryl methyl sites for hydroxylation is 1. The van der Waals surface area contributed by atoms with Gasteiger partial charge in [-0.2, -0.15) is 0 Å². The van der Waals surface area contributed by atoms with E-state index in [1.807, 2.05) is 6.92 Å². The van der Waals surface area contributed by atoms with E-state index >= 15 is 0 Å². The molecule has 0 spiro atoms. The van der Waals surface area contributed by atoms with Gasteiger partial charge in [0, 0.05) is 13.0 Å². The average Bonchev–Trinajstić information content (AvgIpc) is 2.78. The highest BCUT2D eigenvalue weighted by atomic mass is 32.2. The lowest BCUT2D eigenvalue weighted by atomic mass is 9.92. The molecule has 2 rings (SSSR count). The number of carbonyl (C=O) groups excluding carboxylic acids is 2. The summed E-state index contributed by atoms with van der Waals surface area (Å²) < 4.78 is 35.9. The average molecular weight is 522 g/mol. The van der Waals surface area contributed by atoms with Crippen LogP contribution in [0.2, 0.25) is 0 Å². The Hall–Kier alpha value is -3.11. The number of rotatable bonds is 10. The van der Waals surface area contributed by atoms with Gasteiger partial charge in [0.25, 0.3) is 0 Å². The molecule has 36 heavy (non-hydrogen) atoms. The molecule has 0 aliphatic carbocycles. The first-order chi connectivity index (χ1) is 16.7. The van der Waals surface area contributed by atoms with Crippen LogP contribution in [0, 0.1) is 6.92 Å². The van der Waals surface area contributed by atoms with Crippen molar-refractivity contribution in [2.45, 2.75) is 63.5 Å². The fourth-order valence-corrected chi connectivity index (χ4v) is 4.80. The van der Waals surface area contributed by atoms with E-state index in [1.165, 1.54) is 26.2 Å². The van der Waals surface area contributed by atoms with Gasteiger partial charge in [-0.15, -0.1) is 5.06 Å². The lowest BCUT2D eigenvalue weighted by Gasteiger charge is -2.37. The number of carbonyl (C=O) groups is 2. The SMILES string of the molecule is COC(=O)[C@](C)(Cc1ccc(O)cc1)N(CCCS(=O)(=O)c1ccc(C)cc1)OC(=O)OC(C)(C)C. The van der Waals surface area contributed by atoms with Crippen molar-refractivity contribution in [2.75, 3.05) is 19.4 Å². The van der Waals surface area contributed by atoms with Crippen molar-refractivity contribution < 1.29 is 37.4 Å². The van der Waals surface area contributed by atoms with E-state index < -0.39 is 33.1 Å². The summed E-state index contributed by atoms with van der Waals surface area (Å²) in [6.45, 7) is 8.32. The first-order valence-electron chi connectivity index (χ1n) is 11.5. The van der Waals surface area contributed by atoms with Gasteiger partial charge in [0.2, 0.25) is 0 Å². The summed E-state index contributed by atoms with van der Waals surface area (Å²) in [5.74, 6) is -0.872. The molecule has 0 saturated heterocycles. The quantitative estimate of drug-likeness (QED) is 0.362. The van der Waals surface area contributed by atoms with Crippen LogP contribution in [0.5, 0.6) is 5.75 Å². The molecule has 0 saturated carbocycles. The van der Waals surface area contributed by atoms with Gasteiger partial charge in [-0.25, -0.2) is 18.0 Å². The molecular formula is C26H35NO8S. The Balaban J connectivity index is 2.32. The molecular weight excluding hydrogens is 486 g/mol. The predicted octanol–water partition coefficient (Wildman–Crippen LogP) is 4.21. The summed E-state index contributed by atoms with van der Waals surface area (Å²) >= 11 is 0. The zero-order chi connectivity index (χ0) is 27.1. The minimum absolute atomic E-state index is 0.0491. The minimum atomic E-state index is -3.61. The van der Waals surface area contributed by atoms with E-state index in [0.29, 0.717) is 5.56 Å². The number of sulfone groups is 1. The standard InChI is InChI=1S/C26H35NO8S/c1-19-8-14-22(15-9-19)36(31,32)17-7-16-27(35-24(30)34-25(2,3)4)26(5,23(29)33-6)18-20-10-12-21(28)13-11-20/h8-15,28H,7,16-18H2,1-6H3/t26-/m0/s1. The van der Waals surface area contributed by atoms with Crippen molar-refractivity contribution in [3.63, 3.8) is 0 Å². The summed E-state index contributed by atoms with van der Waals surface area (Å²) in [7, 11) is -2.39. The highest BCUT2D eigenvalue weighted by Gasteiger charge is 2.44. The van der Waals surface area contributed by atoms with Gasteiger partial charge in [-0.05, 0) is 70.9 Å². The zero-order valence-electron chi connectivity index (χ0n) is 21.6. The minimum Gasteiger partial charge on any atom is -0.508 e. The smallest absolute Gasteiger partial charge is 0.508 e. The normalized spacial score (nSPS) is 13.6. The highest BCUT2D eigenvalue weighted by Crippen LogP contribution is 2.26. The number of hydrogen-bond acceptors (Lipinski definition) is 9. The fraction of sp³-hybridized carbons (Fsp3) is 0.462. The topological polar surface area (TPSA) is 119 Å². The van der Waals surface area contributed by atoms with E-state index in [4.69, 9.17) is 14.3 Å². The van der Waals surface area contributed by atoms with Gasteiger partial charge in [0.1, 0.15) is 11.4 Å². The maximum atomic E-state index is 13.0. The van der Waals surface area contributed by atoms with Gasteiger partial charge in [0.15, 0.2) is 15.4 Å². The second-order valence-electron chi connectivity index (χ2n) is 9.75. The third-order valence-corrected chi connectivity index (χ3v) is 7.21. The molecule has 0 amide bonds. The molecule has 0 aliphatic heterocycles. The number of ether oxygens (including phenoxy) is 2. The molecule has 0 unspecified atom stereocenters. The lowest BCUT2D eigenvalue weighted by Crippen LogP contribution is -2.56. The monoisotopic (exact) mass is 521 g/mol. The third kappa shape index (κ3) is 8.23. The number of methoxy groups -OCH3 is 1. The van der Waals surface area contributed by atoms with Crippen LogP contribution < -0.4 is 0 Å². The van der Waals surface area contributed by atoms with Crippen LogP contribution in [0.25, 0.3) is 0 Å². The first-order valence-corrected chi connectivity index (χ1v) is 13.2. The van der Waals surface area contributed by atoms with Gasteiger partial charge >= 0.3 is 12.1 Å². The third-order valence-electron chi connectivity index (χ3n) is 5.39. The molecule has 0 radical (unpaired) electrons. The Kier molecular flexibility index (Phi) is 9.51. The molecule has 0 heterocycles. The molecule has 0 aliphatic rings. The largest absolute Gasteiger partial charge is 0.528 e. The Bertz CT molecular complexity index is 1140. The molecule has 0 bridgehead atoms. The fourth-order valence-electron chi connectivity index (χ4n) is 3.51. The Morgan fingerprint density at radius 1 is 0.972 bits per heavy atom. The summed E-state index contributed by atoms with van der Waals surface area (Å²) in [6, 6.07) is 12.7. The van der Waals surface area contributed by atoms with Crippen molar-refractivity contribution in [3.8, 4) is 5.75 Å². The molecule has 2 aromatic rings. The van der Waals surface area contributed by atoms with Crippen molar-refractivity contribution >= 4 is 22.0 Å². The van der Waals surface area contributed by atoms with E-state index in [0.717, 1.165) is 10.6 Å². The van der Waals surface area contributed by atoms with Crippen LogP contribution >= 0.6 is 0 Å². The predicted molar refractivity (Wildman–Crippen MR) is 134 cm³/mol. The molecule has 0 fully saturated rings. The Morgan fingerprint density at radius 2 is 1.56 bits per heavy atom. The number of hydroxylamine groups is 2. The molecule has 9 nitrogen and oxygen atoms in total. The van der Waals surface area contributed by atoms with Crippen LogP contribution in [0.15, 0.2) is 53.4 Å². The number of esters is 1. The summed E-state index contributed by atoms with van der Waals surface area (Å²) in [5.41, 5.74) is -0.772. The van der Waals surface area contributed by atoms with Crippen LogP contribution in [-0.4, -0.2) is 61.3 Å². The second kappa shape index (κ2) is 11.7. The van der Waals surface area contributed by atoms with Gasteiger partial charge in [-0.3, -0.25) is 0 Å². The van der Waals surface area contributed by atoms with Crippen molar-refractivity contribution in [3.05, 3.63) is 59.7 Å². The molecule has 0 aromatic heterocycles. The van der Waals surface area contributed by atoms with Crippen LogP contribution in [0.4, 0.5) is 4.79 Å². The number of hydrogen-bond donors (Lipinski definition) is 1. The van der Waals surface area contributed by atoms with Crippen molar-refractivity contribution in [2.24, 2.45) is 0 Å². The number of phenolic OH excluding ortho intramolecular Hbond substituents is 1. The summed E-state index contributed by atoms with van der Waals surface area (Å²) in [5, 5.41) is 10.7. The van der Waals surface area contributed by atoms with E-state index in [1.54, 1.807) is 57.2 Å². The Labute approximate surface area is 212 Å². The van der Waals surface area contributed by atoms with E-state index in [2.05, 4.69) is 0 Å². The van der Waals surface area contributed by atoms with E-state index in [-0.39, 0.29) is 35.8 Å². The lowest BCUT2D eigenvalue weighted by molar-refractivity contribution is -0.210. The van der Waals surface area contributed by atoms with Gasteiger partial charge in [-0.1, -0.05) is 29.8 Å². The maximum absolute atomic E-state index is 13.0. The molecule has 198 valence electrons. The summed E-state index contributed by atoms with van der Waals surface area (Å²) in [4.78, 5) is 31.2. The highest BCUT2D eigenvalue weighted by molar-refractivity contribution is 7.91. The maximum Gasteiger partial charge on any atom is 0.528 e. The molecule has 1 N–H and O–H groups in total. The molecule has 2 aromatic carbocycles. The number of phenols is 1. The summed E-state index contributed by atoms with van der Waals surface area (Å²) in [6.07, 6.45) is -0.932. The van der Waals surface area contributed by atoms with Gasteiger partial charge in [0.05, 0.1) is 17.8 Å².